The summed E-state index contributed by atoms with van der Waals surface area (Å²) in [5.41, 5.74) is -0.232. The molecule has 1 heterocycles. The number of nitrogens with one attached hydrogen (secondary N) is 1. The maximum Gasteiger partial charge on any atom is 0.461 e. The molecule has 0 radical (unpaired) electrons. The molecular weight excluding hydrogens is 326 g/mol. The number of ether oxygens (including phenoxy) is 1. The molecule has 0 amide bonds. The summed E-state index contributed by atoms with van der Waals surface area (Å²) in [5.74, 6) is -0.665. The van der Waals surface area contributed by atoms with E-state index in [2.05, 4.69) is 10.1 Å². The Morgan fingerprint density at radius 3 is 2.22 bits per heavy atom. The molecule has 1 aliphatic rings. The van der Waals surface area contributed by atoms with Crippen LogP contribution in [0, 0.1) is 0 Å². The highest BCUT2D eigenvalue weighted by molar-refractivity contribution is 5.37. The molecule has 1 fully saturated rings. The Morgan fingerprint density at radius 1 is 1.04 bits per heavy atom. The van der Waals surface area contributed by atoms with Crippen LogP contribution in [-0.2, 0) is 0 Å². The van der Waals surface area contributed by atoms with Gasteiger partial charge in [0.1, 0.15) is 5.75 Å². The molecule has 0 aliphatic carbocycles. The van der Waals surface area contributed by atoms with Gasteiger partial charge in [0.15, 0.2) is 0 Å². The molecule has 1 atom stereocenters. The molecule has 1 aromatic carbocycles. The molecule has 0 unspecified atom stereocenters. The highest BCUT2D eigenvalue weighted by Crippen LogP contribution is 2.37. The molecule has 0 aromatic heterocycles. The molecule has 3 nitrogen and oxygen atoms in total. The number of para-hydroxylation sites is 1. The second kappa shape index (κ2) is 7.39. The lowest BCUT2D eigenvalue weighted by Crippen LogP contribution is -2.47. The predicted molar refractivity (Wildman–Crippen MR) is 71.2 cm³/mol. The minimum absolute atomic E-state index is 0.232. The molecule has 2 rings (SSSR count). The highest BCUT2D eigenvalue weighted by atomic mass is 19.3. The van der Waals surface area contributed by atoms with Crippen molar-refractivity contribution < 1.29 is 31.1 Å². The Balaban J connectivity index is 2.32. The normalized spacial score (nSPS) is 18.4. The lowest BCUT2D eigenvalue weighted by atomic mass is 10.0. The van der Waals surface area contributed by atoms with Crippen LogP contribution in [0.4, 0.5) is 26.3 Å². The van der Waals surface area contributed by atoms with E-state index in [-0.39, 0.29) is 18.7 Å². The average Bonchev–Trinajstić information content (AvgIpc) is 2.49. The number of hydrogen-bond donors (Lipinski definition) is 1. The SMILES string of the molecule is FC(F)[C@H](c1ccccc1OC(F)(F)C(F)F)N1CCNCC1. The summed E-state index contributed by atoms with van der Waals surface area (Å²) in [5, 5.41) is 2.99. The van der Waals surface area contributed by atoms with Crippen LogP contribution < -0.4 is 10.1 Å². The summed E-state index contributed by atoms with van der Waals surface area (Å²) in [6.45, 7) is 1.52. The largest absolute Gasteiger partial charge is 0.461 e. The highest BCUT2D eigenvalue weighted by Gasteiger charge is 2.45. The standard InChI is InChI=1S/C14H16F6N2O/c15-12(16)11(22-7-5-21-6-8-22)9-3-1-2-4-10(9)23-14(19,20)13(17)18/h1-4,11-13,21H,5-8H2/t11-/m0/s1. The molecule has 0 saturated carbocycles. The van der Waals surface area contributed by atoms with E-state index in [1.807, 2.05) is 0 Å². The van der Waals surface area contributed by atoms with Crippen LogP contribution in [-0.4, -0.2) is 50.0 Å². The second-order valence-corrected chi connectivity index (χ2v) is 5.07. The Morgan fingerprint density at radius 2 is 1.65 bits per heavy atom. The Labute approximate surface area is 129 Å². The molecule has 0 spiro atoms. The van der Waals surface area contributed by atoms with Gasteiger partial charge in [-0.25, -0.2) is 8.78 Å². The lowest BCUT2D eigenvalue weighted by Gasteiger charge is -2.35. The van der Waals surface area contributed by atoms with Crippen LogP contribution >= 0.6 is 0 Å². The van der Waals surface area contributed by atoms with E-state index in [4.69, 9.17) is 0 Å². The fourth-order valence-electron chi connectivity index (χ4n) is 2.46. The number of nitrogens with zero attached hydrogens (tertiary/aromatic N) is 1. The smallest absolute Gasteiger partial charge is 0.428 e. The first-order valence-electron chi connectivity index (χ1n) is 6.99. The number of hydrogen-bond acceptors (Lipinski definition) is 3. The third-order valence-electron chi connectivity index (χ3n) is 3.52. The van der Waals surface area contributed by atoms with E-state index < -0.39 is 30.8 Å². The summed E-state index contributed by atoms with van der Waals surface area (Å²) in [6.07, 6.45) is -11.7. The monoisotopic (exact) mass is 342 g/mol. The second-order valence-electron chi connectivity index (χ2n) is 5.07. The third kappa shape index (κ3) is 4.29. The predicted octanol–water partition coefficient (Wildman–Crippen LogP) is 3.13. The van der Waals surface area contributed by atoms with Crippen LogP contribution in [0.25, 0.3) is 0 Å². The number of halogens is 6. The number of alkyl halides is 6. The van der Waals surface area contributed by atoms with Gasteiger partial charge < -0.3 is 10.1 Å². The average molecular weight is 342 g/mol. The van der Waals surface area contributed by atoms with Crippen molar-refractivity contribution >= 4 is 0 Å². The first-order valence-corrected chi connectivity index (χ1v) is 6.99. The number of piperazine rings is 1. The van der Waals surface area contributed by atoms with Crippen molar-refractivity contribution in [2.75, 3.05) is 26.2 Å². The van der Waals surface area contributed by atoms with Crippen LogP contribution in [0.3, 0.4) is 0 Å². The Kier molecular flexibility index (Phi) is 5.74. The van der Waals surface area contributed by atoms with E-state index in [1.54, 1.807) is 0 Å². The Bertz CT molecular complexity index is 508. The van der Waals surface area contributed by atoms with Gasteiger partial charge in [-0.2, -0.15) is 17.6 Å². The van der Waals surface area contributed by atoms with Crippen molar-refractivity contribution in [3.05, 3.63) is 29.8 Å². The van der Waals surface area contributed by atoms with Crippen LogP contribution in [0.1, 0.15) is 11.6 Å². The molecule has 130 valence electrons. The summed E-state index contributed by atoms with van der Waals surface area (Å²) in [6, 6.07) is 3.32. The number of benzene rings is 1. The van der Waals surface area contributed by atoms with E-state index >= 15 is 0 Å². The molecule has 1 N–H and O–H groups in total. The number of rotatable bonds is 6. The quantitative estimate of drug-likeness (QED) is 0.804. The van der Waals surface area contributed by atoms with Gasteiger partial charge in [0.05, 0.1) is 6.04 Å². The maximum atomic E-state index is 13.5. The van der Waals surface area contributed by atoms with Gasteiger partial charge >= 0.3 is 12.5 Å². The van der Waals surface area contributed by atoms with Gasteiger partial charge in [-0.3, -0.25) is 4.90 Å². The molecule has 1 aromatic rings. The van der Waals surface area contributed by atoms with Crippen molar-refractivity contribution in [3.63, 3.8) is 0 Å². The fourth-order valence-corrected chi connectivity index (χ4v) is 2.46. The van der Waals surface area contributed by atoms with Crippen LogP contribution in [0.5, 0.6) is 5.75 Å². The van der Waals surface area contributed by atoms with E-state index in [0.717, 1.165) is 6.07 Å². The van der Waals surface area contributed by atoms with Gasteiger partial charge in [-0.15, -0.1) is 0 Å². The van der Waals surface area contributed by atoms with Crippen LogP contribution in [0.2, 0.25) is 0 Å². The first-order chi connectivity index (χ1) is 10.8. The summed E-state index contributed by atoms with van der Waals surface area (Å²) in [4.78, 5) is 1.42. The molecule has 0 bridgehead atoms. The fraction of sp³-hybridized carbons (Fsp3) is 0.571. The molecule has 23 heavy (non-hydrogen) atoms. The zero-order valence-corrected chi connectivity index (χ0v) is 12.0. The van der Waals surface area contributed by atoms with E-state index in [1.165, 1.54) is 23.1 Å². The first kappa shape index (κ1) is 17.9. The van der Waals surface area contributed by atoms with E-state index in [9.17, 15) is 26.3 Å². The van der Waals surface area contributed by atoms with E-state index in [0.29, 0.717) is 13.1 Å². The summed E-state index contributed by atoms with van der Waals surface area (Å²) in [7, 11) is 0. The molecule has 1 saturated heterocycles. The zero-order valence-electron chi connectivity index (χ0n) is 12.0. The zero-order chi connectivity index (χ0) is 17.0. The van der Waals surface area contributed by atoms with Crippen molar-refractivity contribution in [2.45, 2.75) is 25.0 Å². The molecule has 9 heteroatoms. The lowest BCUT2D eigenvalue weighted by molar-refractivity contribution is -0.253. The van der Waals surface area contributed by atoms with Gasteiger partial charge in [0.25, 0.3) is 6.43 Å². The van der Waals surface area contributed by atoms with Crippen LogP contribution in [0.15, 0.2) is 24.3 Å². The maximum absolute atomic E-state index is 13.5. The molecular formula is C14H16F6N2O. The molecule has 1 aliphatic heterocycles. The minimum Gasteiger partial charge on any atom is -0.428 e. The summed E-state index contributed by atoms with van der Waals surface area (Å²) < 4.78 is 81.9. The van der Waals surface area contributed by atoms with Crippen molar-refractivity contribution in [2.24, 2.45) is 0 Å². The van der Waals surface area contributed by atoms with Crippen molar-refractivity contribution in [1.82, 2.24) is 10.2 Å². The summed E-state index contributed by atoms with van der Waals surface area (Å²) >= 11 is 0. The van der Waals surface area contributed by atoms with Gasteiger partial charge in [-0.05, 0) is 6.07 Å². The van der Waals surface area contributed by atoms with Gasteiger partial charge in [-0.1, -0.05) is 18.2 Å². The van der Waals surface area contributed by atoms with Crippen molar-refractivity contribution in [1.29, 1.82) is 0 Å². The van der Waals surface area contributed by atoms with Gasteiger partial charge in [0.2, 0.25) is 0 Å². The Hall–Kier alpha value is -1.48. The topological polar surface area (TPSA) is 24.5 Å². The third-order valence-corrected chi connectivity index (χ3v) is 3.52. The minimum atomic E-state index is -4.74. The van der Waals surface area contributed by atoms with Crippen molar-refractivity contribution in [3.8, 4) is 5.75 Å². The van der Waals surface area contributed by atoms with Gasteiger partial charge in [0, 0.05) is 31.7 Å².